The molecule has 2 N–H and O–H groups in total. The fraction of sp³-hybridized carbons (Fsp3) is 0.500. The number of carbonyl (C=O) groups excluding carboxylic acids is 1. The van der Waals surface area contributed by atoms with Gasteiger partial charge in [0.25, 0.3) is 5.91 Å². The molecule has 0 fully saturated rings. The number of hydrogen-bond donors (Lipinski definition) is 2. The minimum absolute atomic E-state index is 0.0547. The van der Waals surface area contributed by atoms with E-state index in [1.165, 1.54) is 29.6 Å². The SMILES string of the molecule is CCN(CC)S(=O)(=O)c1ccc(OC)c(C(=O)NCCc2n[nH]c(=S)n2CC)c1. The van der Waals surface area contributed by atoms with Crippen LogP contribution in [0, 0.1) is 4.77 Å². The van der Waals surface area contributed by atoms with Crippen LogP contribution in [0.4, 0.5) is 0 Å². The molecule has 0 radical (unpaired) electrons. The molecule has 0 saturated heterocycles. The number of aromatic nitrogens is 3. The summed E-state index contributed by atoms with van der Waals surface area (Å²) in [5.74, 6) is 0.621. The smallest absolute Gasteiger partial charge is 0.255 e. The van der Waals surface area contributed by atoms with Gasteiger partial charge in [-0.3, -0.25) is 9.89 Å². The number of aromatic amines is 1. The van der Waals surface area contributed by atoms with E-state index in [0.29, 0.717) is 43.1 Å². The lowest BCUT2D eigenvalue weighted by atomic mass is 10.2. The average molecular weight is 442 g/mol. The predicted molar refractivity (Wildman–Crippen MR) is 112 cm³/mol. The highest BCUT2D eigenvalue weighted by Gasteiger charge is 2.24. The summed E-state index contributed by atoms with van der Waals surface area (Å²) in [4.78, 5) is 12.8. The van der Waals surface area contributed by atoms with E-state index < -0.39 is 15.9 Å². The molecular weight excluding hydrogens is 414 g/mol. The molecule has 1 aromatic heterocycles. The predicted octanol–water partition coefficient (Wildman–Crippen LogP) is 1.97. The monoisotopic (exact) mass is 441 g/mol. The van der Waals surface area contributed by atoms with Gasteiger partial charge in [-0.2, -0.15) is 9.40 Å². The Labute approximate surface area is 176 Å². The number of carbonyl (C=O) groups is 1. The first-order chi connectivity index (χ1) is 13.8. The van der Waals surface area contributed by atoms with Crippen molar-refractivity contribution in [3.8, 4) is 5.75 Å². The van der Waals surface area contributed by atoms with Crippen molar-refractivity contribution in [3.63, 3.8) is 0 Å². The number of benzene rings is 1. The molecule has 0 aliphatic heterocycles. The van der Waals surface area contributed by atoms with Crippen LogP contribution in [0.25, 0.3) is 0 Å². The maximum Gasteiger partial charge on any atom is 0.255 e. The molecule has 0 aliphatic carbocycles. The summed E-state index contributed by atoms with van der Waals surface area (Å²) < 4.78 is 34.5. The zero-order chi connectivity index (χ0) is 21.6. The van der Waals surface area contributed by atoms with E-state index in [1.54, 1.807) is 13.8 Å². The molecule has 0 bridgehead atoms. The fourth-order valence-electron chi connectivity index (χ4n) is 2.99. The van der Waals surface area contributed by atoms with Crippen molar-refractivity contribution in [2.24, 2.45) is 0 Å². The van der Waals surface area contributed by atoms with Crippen LogP contribution >= 0.6 is 12.2 Å². The molecule has 11 heteroatoms. The van der Waals surface area contributed by atoms with Crippen molar-refractivity contribution in [2.75, 3.05) is 26.7 Å². The Morgan fingerprint density at radius 1 is 1.31 bits per heavy atom. The van der Waals surface area contributed by atoms with Gasteiger partial charge in [0.15, 0.2) is 4.77 Å². The van der Waals surface area contributed by atoms with Crippen LogP contribution in [0.5, 0.6) is 5.75 Å². The van der Waals surface area contributed by atoms with Gasteiger partial charge in [0.2, 0.25) is 10.0 Å². The molecule has 29 heavy (non-hydrogen) atoms. The third-order valence-electron chi connectivity index (χ3n) is 4.55. The number of hydrogen-bond acceptors (Lipinski definition) is 6. The quantitative estimate of drug-likeness (QED) is 0.546. The van der Waals surface area contributed by atoms with Crippen LogP contribution in [-0.2, 0) is 23.0 Å². The molecule has 0 unspecified atom stereocenters. The lowest BCUT2D eigenvalue weighted by Gasteiger charge is -2.19. The van der Waals surface area contributed by atoms with Crippen LogP contribution in [0.15, 0.2) is 23.1 Å². The minimum Gasteiger partial charge on any atom is -0.496 e. The first kappa shape index (κ1) is 23.0. The number of H-pyrrole nitrogens is 1. The highest BCUT2D eigenvalue weighted by molar-refractivity contribution is 7.89. The van der Waals surface area contributed by atoms with Gasteiger partial charge in [-0.15, -0.1) is 0 Å². The number of amides is 1. The Morgan fingerprint density at radius 3 is 2.59 bits per heavy atom. The van der Waals surface area contributed by atoms with Crippen LogP contribution in [0.1, 0.15) is 37.0 Å². The first-order valence-corrected chi connectivity index (χ1v) is 11.2. The van der Waals surface area contributed by atoms with E-state index in [0.717, 1.165) is 5.82 Å². The Morgan fingerprint density at radius 2 is 2.00 bits per heavy atom. The molecule has 0 atom stereocenters. The Balaban J connectivity index is 2.21. The number of ether oxygens (including phenoxy) is 1. The standard InChI is InChI=1S/C18H27N5O4S2/c1-5-22(6-2)29(25,26)13-8-9-15(27-4)14(12-13)17(24)19-11-10-16-20-21-18(28)23(16)7-3/h8-9,12H,5-7,10-11H2,1-4H3,(H,19,24)(H,21,28). The van der Waals surface area contributed by atoms with E-state index in [4.69, 9.17) is 17.0 Å². The number of sulfonamides is 1. The van der Waals surface area contributed by atoms with Crippen molar-refractivity contribution in [1.29, 1.82) is 0 Å². The highest BCUT2D eigenvalue weighted by atomic mass is 32.2. The highest BCUT2D eigenvalue weighted by Crippen LogP contribution is 2.24. The molecule has 2 aromatic rings. The maximum absolute atomic E-state index is 12.8. The van der Waals surface area contributed by atoms with Gasteiger partial charge < -0.3 is 14.6 Å². The van der Waals surface area contributed by atoms with Crippen LogP contribution in [-0.4, -0.2) is 60.1 Å². The van der Waals surface area contributed by atoms with Crippen LogP contribution in [0.3, 0.4) is 0 Å². The van der Waals surface area contributed by atoms with Gasteiger partial charge in [0, 0.05) is 32.6 Å². The maximum atomic E-state index is 12.8. The van der Waals surface area contributed by atoms with E-state index in [-0.39, 0.29) is 10.5 Å². The van der Waals surface area contributed by atoms with Crippen LogP contribution < -0.4 is 10.1 Å². The summed E-state index contributed by atoms with van der Waals surface area (Å²) >= 11 is 5.15. The Bertz CT molecular complexity index is 1010. The average Bonchev–Trinajstić information content (AvgIpc) is 3.07. The molecular formula is C18H27N5O4S2. The van der Waals surface area contributed by atoms with Crippen molar-refractivity contribution >= 4 is 28.1 Å². The zero-order valence-electron chi connectivity index (χ0n) is 17.1. The summed E-state index contributed by atoms with van der Waals surface area (Å²) in [6.07, 6.45) is 0.479. The first-order valence-electron chi connectivity index (χ1n) is 9.40. The normalized spacial score (nSPS) is 11.6. The Hall–Kier alpha value is -2.24. The molecule has 1 aromatic carbocycles. The van der Waals surface area contributed by atoms with Gasteiger partial charge in [0.05, 0.1) is 17.6 Å². The number of methoxy groups -OCH3 is 1. The zero-order valence-corrected chi connectivity index (χ0v) is 18.7. The molecule has 1 heterocycles. The molecule has 160 valence electrons. The second-order valence-electron chi connectivity index (χ2n) is 6.15. The van der Waals surface area contributed by atoms with Crippen molar-refractivity contribution in [3.05, 3.63) is 34.4 Å². The Kier molecular flexibility index (Phi) is 7.94. The molecule has 0 saturated carbocycles. The van der Waals surface area contributed by atoms with E-state index in [9.17, 15) is 13.2 Å². The summed E-state index contributed by atoms with van der Waals surface area (Å²) in [5.41, 5.74) is 0.162. The summed E-state index contributed by atoms with van der Waals surface area (Å²) in [7, 11) is -2.25. The fourth-order valence-corrected chi connectivity index (χ4v) is 4.75. The van der Waals surface area contributed by atoms with E-state index in [1.807, 2.05) is 11.5 Å². The van der Waals surface area contributed by atoms with Crippen molar-refractivity contribution < 1.29 is 17.9 Å². The van der Waals surface area contributed by atoms with E-state index >= 15 is 0 Å². The van der Waals surface area contributed by atoms with Crippen LogP contribution in [0.2, 0.25) is 0 Å². The number of rotatable bonds is 10. The lowest BCUT2D eigenvalue weighted by Crippen LogP contribution is -2.31. The van der Waals surface area contributed by atoms with Crippen molar-refractivity contribution in [1.82, 2.24) is 24.4 Å². The molecule has 0 spiro atoms. The lowest BCUT2D eigenvalue weighted by molar-refractivity contribution is 0.0950. The van der Waals surface area contributed by atoms with Gasteiger partial charge in [-0.05, 0) is 37.3 Å². The van der Waals surface area contributed by atoms with Gasteiger partial charge >= 0.3 is 0 Å². The summed E-state index contributed by atoms with van der Waals surface area (Å²) in [6.45, 7) is 7.18. The topological polar surface area (TPSA) is 109 Å². The molecule has 1 amide bonds. The number of nitrogens with zero attached hydrogens (tertiary/aromatic N) is 3. The minimum atomic E-state index is -3.68. The van der Waals surface area contributed by atoms with Crippen molar-refractivity contribution in [2.45, 2.75) is 38.6 Å². The second kappa shape index (κ2) is 9.99. The molecule has 2 rings (SSSR count). The van der Waals surface area contributed by atoms with Gasteiger partial charge in [-0.1, -0.05) is 13.8 Å². The molecule has 9 nitrogen and oxygen atoms in total. The second-order valence-corrected chi connectivity index (χ2v) is 8.47. The summed E-state index contributed by atoms with van der Waals surface area (Å²) in [5, 5.41) is 9.68. The summed E-state index contributed by atoms with van der Waals surface area (Å²) in [6, 6.07) is 4.29. The van der Waals surface area contributed by atoms with Gasteiger partial charge in [0.1, 0.15) is 11.6 Å². The largest absolute Gasteiger partial charge is 0.496 e. The number of nitrogens with one attached hydrogen (secondary N) is 2. The third-order valence-corrected chi connectivity index (χ3v) is 6.90. The third kappa shape index (κ3) is 5.03. The molecule has 0 aliphatic rings. The van der Waals surface area contributed by atoms with E-state index in [2.05, 4.69) is 15.5 Å². The van der Waals surface area contributed by atoms with Gasteiger partial charge in [-0.25, -0.2) is 8.42 Å².